The summed E-state index contributed by atoms with van der Waals surface area (Å²) in [5, 5.41) is 10.9. The van der Waals surface area contributed by atoms with Gasteiger partial charge in [0.05, 0.1) is 12.2 Å². The van der Waals surface area contributed by atoms with Crippen LogP contribution in [0.25, 0.3) is 0 Å². The Labute approximate surface area is 203 Å². The summed E-state index contributed by atoms with van der Waals surface area (Å²) in [6.07, 6.45) is 3.45. The van der Waals surface area contributed by atoms with E-state index < -0.39 is 0 Å². The molecule has 0 aliphatic rings. The quantitative estimate of drug-likeness (QED) is 0.279. The molecule has 0 bridgehead atoms. The van der Waals surface area contributed by atoms with E-state index >= 15 is 0 Å². The van der Waals surface area contributed by atoms with E-state index in [0.717, 1.165) is 42.4 Å². The van der Waals surface area contributed by atoms with E-state index in [1.807, 2.05) is 50.0 Å². The molecule has 0 radical (unpaired) electrons. The maximum Gasteiger partial charge on any atom is 0.224 e. The molecule has 2 N–H and O–H groups in total. The number of anilines is 1. The van der Waals surface area contributed by atoms with Gasteiger partial charge in [0.15, 0.2) is 5.96 Å². The van der Waals surface area contributed by atoms with Crippen LogP contribution < -0.4 is 10.6 Å². The van der Waals surface area contributed by atoms with Crippen molar-refractivity contribution < 1.29 is 4.79 Å². The number of aliphatic imine (C=N–C) groups is 1. The van der Waals surface area contributed by atoms with Crippen LogP contribution in [0.5, 0.6) is 0 Å². The predicted octanol–water partition coefficient (Wildman–Crippen LogP) is 4.50. The van der Waals surface area contributed by atoms with Gasteiger partial charge in [0.25, 0.3) is 0 Å². The Kier molecular flexibility index (Phi) is 11.6. The molecule has 2 aromatic rings. The van der Waals surface area contributed by atoms with E-state index in [9.17, 15) is 4.79 Å². The van der Waals surface area contributed by atoms with Crippen LogP contribution in [0, 0.1) is 0 Å². The summed E-state index contributed by atoms with van der Waals surface area (Å²) in [6.45, 7) is 10.5. The fourth-order valence-corrected chi connectivity index (χ4v) is 3.33. The molecule has 1 aromatic heterocycles. The second-order valence-electron chi connectivity index (χ2n) is 7.89. The molecule has 8 heteroatoms. The zero-order valence-electron chi connectivity index (χ0n) is 19.6. The van der Waals surface area contributed by atoms with Crippen LogP contribution in [0.15, 0.2) is 35.5 Å². The minimum absolute atomic E-state index is 0. The van der Waals surface area contributed by atoms with Crippen LogP contribution in [0.3, 0.4) is 0 Å². The highest BCUT2D eigenvalue weighted by atomic mass is 127. The molecule has 0 aliphatic carbocycles. The Morgan fingerprint density at radius 1 is 1.29 bits per heavy atom. The van der Waals surface area contributed by atoms with Crippen molar-refractivity contribution in [2.45, 2.75) is 59.5 Å². The second-order valence-corrected chi connectivity index (χ2v) is 7.89. The number of hydrogen-bond donors (Lipinski definition) is 2. The number of hydrogen-bond acceptors (Lipinski definition) is 3. The Bertz CT molecular complexity index is 862. The molecular formula is C23H37IN6O. The van der Waals surface area contributed by atoms with Gasteiger partial charge in [-0.2, -0.15) is 5.10 Å². The summed E-state index contributed by atoms with van der Waals surface area (Å²) in [4.78, 5) is 18.8. The molecule has 1 heterocycles. The van der Waals surface area contributed by atoms with Crippen LogP contribution in [0.2, 0.25) is 0 Å². The van der Waals surface area contributed by atoms with Crippen molar-refractivity contribution >= 4 is 41.5 Å². The molecule has 1 aromatic carbocycles. The SMILES string of the molecule is CCCC(=O)Nc1cccc(CN=C(NCC)N(C)Cc2cn(C)nc2C(C)C)c1.I. The van der Waals surface area contributed by atoms with E-state index in [2.05, 4.69) is 47.6 Å². The molecular weight excluding hydrogens is 503 g/mol. The predicted molar refractivity (Wildman–Crippen MR) is 139 cm³/mol. The smallest absolute Gasteiger partial charge is 0.224 e. The molecule has 7 nitrogen and oxygen atoms in total. The molecule has 1 amide bonds. The van der Waals surface area contributed by atoms with Gasteiger partial charge in [-0.15, -0.1) is 24.0 Å². The highest BCUT2D eigenvalue weighted by molar-refractivity contribution is 14.0. The topological polar surface area (TPSA) is 74.6 Å². The highest BCUT2D eigenvalue weighted by Crippen LogP contribution is 2.19. The van der Waals surface area contributed by atoms with Gasteiger partial charge >= 0.3 is 0 Å². The molecule has 0 atom stereocenters. The summed E-state index contributed by atoms with van der Waals surface area (Å²) in [7, 11) is 4.00. The third-order valence-electron chi connectivity index (χ3n) is 4.69. The number of rotatable bonds is 9. The van der Waals surface area contributed by atoms with Crippen LogP contribution in [-0.2, 0) is 24.9 Å². The number of carbonyl (C=O) groups excluding carboxylic acids is 1. The summed E-state index contributed by atoms with van der Waals surface area (Å²) >= 11 is 0. The minimum atomic E-state index is 0. The number of carbonyl (C=O) groups is 1. The molecule has 172 valence electrons. The van der Waals surface area contributed by atoms with Gasteiger partial charge in [-0.25, -0.2) is 4.99 Å². The molecule has 31 heavy (non-hydrogen) atoms. The van der Waals surface area contributed by atoms with Gasteiger partial charge in [-0.1, -0.05) is 32.9 Å². The van der Waals surface area contributed by atoms with Crippen molar-refractivity contribution in [3.8, 4) is 0 Å². The van der Waals surface area contributed by atoms with Crippen molar-refractivity contribution in [3.05, 3.63) is 47.3 Å². The summed E-state index contributed by atoms with van der Waals surface area (Å²) in [6, 6.07) is 7.88. The largest absolute Gasteiger partial charge is 0.357 e. The average molecular weight is 540 g/mol. The van der Waals surface area contributed by atoms with E-state index in [-0.39, 0.29) is 29.9 Å². The average Bonchev–Trinajstić information content (AvgIpc) is 3.06. The van der Waals surface area contributed by atoms with Gasteiger partial charge in [0, 0.05) is 51.1 Å². The zero-order chi connectivity index (χ0) is 22.1. The Morgan fingerprint density at radius 3 is 2.68 bits per heavy atom. The van der Waals surface area contributed by atoms with Crippen LogP contribution in [0.4, 0.5) is 5.69 Å². The lowest BCUT2D eigenvalue weighted by Gasteiger charge is -2.22. The standard InChI is InChI=1S/C23H36N6O.HI/c1-7-10-21(30)26-20-12-9-11-18(13-20)14-25-23(24-8-2)28(5)15-19-16-29(6)27-22(19)17(3)4;/h9,11-13,16-17H,7-8,10,14-15H2,1-6H3,(H,24,25)(H,26,30);1H. The van der Waals surface area contributed by atoms with Gasteiger partial charge in [0.2, 0.25) is 5.91 Å². The molecule has 0 saturated heterocycles. The number of benzene rings is 1. The maximum absolute atomic E-state index is 11.9. The van der Waals surface area contributed by atoms with E-state index in [1.54, 1.807) is 0 Å². The first-order chi connectivity index (χ1) is 14.3. The van der Waals surface area contributed by atoms with Crippen LogP contribution in [-0.4, -0.2) is 40.1 Å². The Balaban J connectivity index is 0.00000480. The number of halogens is 1. The van der Waals surface area contributed by atoms with Gasteiger partial charge < -0.3 is 15.5 Å². The molecule has 0 saturated carbocycles. The normalized spacial score (nSPS) is 11.3. The van der Waals surface area contributed by atoms with Crippen LogP contribution in [0.1, 0.15) is 63.3 Å². The molecule has 0 fully saturated rings. The number of aryl methyl sites for hydroxylation is 1. The summed E-state index contributed by atoms with van der Waals surface area (Å²) in [5.74, 6) is 1.26. The van der Waals surface area contributed by atoms with Gasteiger partial charge in [-0.05, 0) is 37.0 Å². The first-order valence-corrected chi connectivity index (χ1v) is 10.7. The second kappa shape index (κ2) is 13.3. The fraction of sp³-hybridized carbons (Fsp3) is 0.522. The number of nitrogens with zero attached hydrogens (tertiary/aromatic N) is 4. The van der Waals surface area contributed by atoms with E-state index in [1.165, 1.54) is 5.56 Å². The third-order valence-corrected chi connectivity index (χ3v) is 4.69. The third kappa shape index (κ3) is 8.51. The first-order valence-electron chi connectivity index (χ1n) is 10.7. The van der Waals surface area contributed by atoms with Crippen LogP contribution >= 0.6 is 24.0 Å². The Morgan fingerprint density at radius 2 is 2.03 bits per heavy atom. The lowest BCUT2D eigenvalue weighted by atomic mass is 10.1. The minimum Gasteiger partial charge on any atom is -0.357 e. The fourth-order valence-electron chi connectivity index (χ4n) is 3.33. The lowest BCUT2D eigenvalue weighted by molar-refractivity contribution is -0.116. The summed E-state index contributed by atoms with van der Waals surface area (Å²) in [5.41, 5.74) is 4.20. The number of aromatic nitrogens is 2. The Hall–Kier alpha value is -2.10. The van der Waals surface area contributed by atoms with Crippen molar-refractivity contribution in [2.24, 2.45) is 12.0 Å². The zero-order valence-corrected chi connectivity index (χ0v) is 21.9. The highest BCUT2D eigenvalue weighted by Gasteiger charge is 2.15. The van der Waals surface area contributed by atoms with E-state index in [0.29, 0.717) is 18.9 Å². The molecule has 0 unspecified atom stereocenters. The monoisotopic (exact) mass is 540 g/mol. The van der Waals surface area contributed by atoms with Crippen molar-refractivity contribution in [3.63, 3.8) is 0 Å². The van der Waals surface area contributed by atoms with E-state index in [4.69, 9.17) is 4.99 Å². The lowest BCUT2D eigenvalue weighted by Crippen LogP contribution is -2.38. The summed E-state index contributed by atoms with van der Waals surface area (Å²) < 4.78 is 1.88. The van der Waals surface area contributed by atoms with Crippen molar-refractivity contribution in [1.82, 2.24) is 20.0 Å². The van der Waals surface area contributed by atoms with Gasteiger partial charge in [-0.3, -0.25) is 9.48 Å². The molecule has 0 spiro atoms. The van der Waals surface area contributed by atoms with Crippen molar-refractivity contribution in [1.29, 1.82) is 0 Å². The van der Waals surface area contributed by atoms with Crippen molar-refractivity contribution in [2.75, 3.05) is 18.9 Å². The van der Waals surface area contributed by atoms with Gasteiger partial charge in [0.1, 0.15) is 0 Å². The maximum atomic E-state index is 11.9. The number of amides is 1. The number of guanidine groups is 1. The molecule has 0 aliphatic heterocycles. The molecule has 2 rings (SSSR count). The number of nitrogens with one attached hydrogen (secondary N) is 2. The first kappa shape index (κ1) is 26.9.